The number of halogens is 1. The Morgan fingerprint density at radius 2 is 1.90 bits per heavy atom. The Labute approximate surface area is 122 Å². The van der Waals surface area contributed by atoms with Crippen LogP contribution < -0.4 is 0 Å². The van der Waals surface area contributed by atoms with Crippen LogP contribution in [-0.4, -0.2) is 5.78 Å². The molecule has 2 bridgehead atoms. The second-order valence-corrected chi connectivity index (χ2v) is 7.11. The number of hydrogen-bond donors (Lipinski definition) is 0. The minimum Gasteiger partial charge on any atom is -0.453 e. The van der Waals surface area contributed by atoms with Crippen molar-refractivity contribution in [2.75, 3.05) is 0 Å². The van der Waals surface area contributed by atoms with Crippen molar-refractivity contribution in [3.8, 4) is 0 Å². The van der Waals surface area contributed by atoms with Gasteiger partial charge in [-0.25, -0.2) is 0 Å². The van der Waals surface area contributed by atoms with Crippen molar-refractivity contribution in [3.05, 3.63) is 35.0 Å². The molecule has 0 aliphatic heterocycles. The fourth-order valence-electron chi connectivity index (χ4n) is 4.98. The van der Waals surface area contributed by atoms with E-state index in [1.165, 1.54) is 19.3 Å². The summed E-state index contributed by atoms with van der Waals surface area (Å²) in [4.78, 5) is 12.7. The Bertz CT molecular complexity index is 716. The molecule has 0 amide bonds. The van der Waals surface area contributed by atoms with Gasteiger partial charge < -0.3 is 4.42 Å². The van der Waals surface area contributed by atoms with Crippen molar-refractivity contribution in [1.82, 2.24) is 0 Å². The lowest BCUT2D eigenvalue weighted by Gasteiger charge is -2.05. The summed E-state index contributed by atoms with van der Waals surface area (Å²) in [5.41, 5.74) is 0.756. The number of hydrogen-bond acceptors (Lipinski definition) is 2. The van der Waals surface area contributed by atoms with Crippen LogP contribution in [-0.2, 0) is 0 Å². The number of furan rings is 1. The summed E-state index contributed by atoms with van der Waals surface area (Å²) >= 11 is 5.98. The highest BCUT2D eigenvalue weighted by molar-refractivity contribution is 6.31. The van der Waals surface area contributed by atoms with Crippen LogP contribution >= 0.6 is 11.6 Å². The zero-order valence-corrected chi connectivity index (χ0v) is 11.8. The van der Waals surface area contributed by atoms with Gasteiger partial charge in [-0.15, -0.1) is 0 Å². The monoisotopic (exact) mass is 286 g/mol. The second-order valence-electron chi connectivity index (χ2n) is 6.67. The van der Waals surface area contributed by atoms with Crippen molar-refractivity contribution in [2.24, 2.45) is 29.6 Å². The SMILES string of the molecule is O=C(c1cc2cc(Cl)ccc2o1)C1C2C3CCC(C3)C12. The van der Waals surface area contributed by atoms with E-state index in [1.54, 1.807) is 6.07 Å². The van der Waals surface area contributed by atoms with E-state index in [4.69, 9.17) is 16.0 Å². The number of benzene rings is 1. The van der Waals surface area contributed by atoms with Gasteiger partial charge in [0.1, 0.15) is 5.58 Å². The first-order valence-corrected chi connectivity index (χ1v) is 7.83. The maximum absolute atomic E-state index is 12.7. The molecule has 3 aliphatic rings. The molecule has 2 nitrogen and oxygen atoms in total. The number of rotatable bonds is 2. The van der Waals surface area contributed by atoms with E-state index in [1.807, 2.05) is 18.2 Å². The molecule has 1 aromatic carbocycles. The highest BCUT2D eigenvalue weighted by Crippen LogP contribution is 2.70. The first-order valence-electron chi connectivity index (χ1n) is 7.46. The maximum atomic E-state index is 12.7. The third kappa shape index (κ3) is 1.38. The number of carbonyl (C=O) groups excluding carboxylic acids is 1. The van der Waals surface area contributed by atoms with E-state index in [-0.39, 0.29) is 11.7 Å². The van der Waals surface area contributed by atoms with Gasteiger partial charge in [-0.1, -0.05) is 11.6 Å². The lowest BCUT2D eigenvalue weighted by molar-refractivity contribution is 0.0919. The van der Waals surface area contributed by atoms with Crippen LogP contribution in [0.4, 0.5) is 0 Å². The zero-order chi connectivity index (χ0) is 13.4. The van der Waals surface area contributed by atoms with Gasteiger partial charge in [0.2, 0.25) is 5.78 Å². The molecule has 1 aromatic heterocycles. The summed E-state index contributed by atoms with van der Waals surface area (Å²) in [6.07, 6.45) is 4.05. The highest BCUT2D eigenvalue weighted by atomic mass is 35.5. The topological polar surface area (TPSA) is 30.2 Å². The van der Waals surface area contributed by atoms with Gasteiger partial charge in [-0.2, -0.15) is 0 Å². The number of fused-ring (bicyclic) bond motifs is 6. The third-order valence-corrected chi connectivity index (χ3v) is 5.99. The second kappa shape index (κ2) is 3.67. The van der Waals surface area contributed by atoms with Crippen molar-refractivity contribution in [3.63, 3.8) is 0 Å². The molecule has 1 heterocycles. The molecular weight excluding hydrogens is 272 g/mol. The average molecular weight is 287 g/mol. The minimum absolute atomic E-state index is 0.226. The fourth-order valence-corrected chi connectivity index (χ4v) is 5.16. The van der Waals surface area contributed by atoms with Gasteiger partial charge in [0.05, 0.1) is 0 Å². The normalized spacial score (nSPS) is 37.4. The first-order chi connectivity index (χ1) is 9.72. The van der Waals surface area contributed by atoms with Crippen molar-refractivity contribution in [1.29, 1.82) is 0 Å². The summed E-state index contributed by atoms with van der Waals surface area (Å²) in [6.45, 7) is 0. The van der Waals surface area contributed by atoms with Crippen LogP contribution in [0.1, 0.15) is 29.8 Å². The van der Waals surface area contributed by atoms with Crippen LogP contribution in [0.5, 0.6) is 0 Å². The van der Waals surface area contributed by atoms with Crippen LogP contribution in [0.3, 0.4) is 0 Å². The van der Waals surface area contributed by atoms with E-state index in [0.29, 0.717) is 22.6 Å². The van der Waals surface area contributed by atoms with Crippen LogP contribution in [0.2, 0.25) is 5.02 Å². The summed E-state index contributed by atoms with van der Waals surface area (Å²) in [5, 5.41) is 1.60. The quantitative estimate of drug-likeness (QED) is 0.758. The molecule has 3 heteroatoms. The summed E-state index contributed by atoms with van der Waals surface area (Å²) in [7, 11) is 0. The summed E-state index contributed by atoms with van der Waals surface area (Å²) in [5.74, 6) is 3.97. The number of Topliss-reactive ketones (excluding diaryl/α,β-unsaturated/α-hetero) is 1. The van der Waals surface area contributed by atoms with E-state index in [0.717, 1.165) is 22.8 Å². The molecule has 2 aromatic rings. The van der Waals surface area contributed by atoms with Gasteiger partial charge in [0, 0.05) is 16.3 Å². The lowest BCUT2D eigenvalue weighted by atomic mass is 9.99. The molecule has 0 spiro atoms. The van der Waals surface area contributed by atoms with Crippen LogP contribution in [0.25, 0.3) is 11.0 Å². The zero-order valence-electron chi connectivity index (χ0n) is 11.0. The predicted molar refractivity (Wildman–Crippen MR) is 76.9 cm³/mol. The smallest absolute Gasteiger partial charge is 0.201 e. The molecule has 4 unspecified atom stereocenters. The van der Waals surface area contributed by atoms with Gasteiger partial charge in [0.25, 0.3) is 0 Å². The van der Waals surface area contributed by atoms with Crippen LogP contribution in [0, 0.1) is 29.6 Å². The molecule has 20 heavy (non-hydrogen) atoms. The standard InChI is InChI=1S/C17H15ClO2/c18-11-3-4-12-10(6-11)7-13(20-12)17(19)16-14-8-1-2-9(5-8)15(14)16/h3-4,6-9,14-16H,1-2,5H2. The molecule has 5 rings (SSSR count). The Hall–Kier alpha value is -1.28. The number of carbonyl (C=O) groups is 1. The van der Waals surface area contributed by atoms with E-state index >= 15 is 0 Å². The van der Waals surface area contributed by atoms with Gasteiger partial charge in [-0.3, -0.25) is 4.79 Å². The lowest BCUT2D eigenvalue weighted by Crippen LogP contribution is -2.09. The van der Waals surface area contributed by atoms with Gasteiger partial charge in [-0.05, 0) is 67.2 Å². The minimum atomic E-state index is 0.226. The molecule has 4 atom stereocenters. The van der Waals surface area contributed by atoms with Gasteiger partial charge in [0.15, 0.2) is 5.76 Å². The van der Waals surface area contributed by atoms with Gasteiger partial charge >= 0.3 is 0 Å². The van der Waals surface area contributed by atoms with Crippen molar-refractivity contribution in [2.45, 2.75) is 19.3 Å². The first kappa shape index (κ1) is 11.4. The highest BCUT2D eigenvalue weighted by Gasteiger charge is 2.67. The Morgan fingerprint density at radius 3 is 2.65 bits per heavy atom. The molecule has 3 fully saturated rings. The van der Waals surface area contributed by atoms with Crippen LogP contribution in [0.15, 0.2) is 28.7 Å². The van der Waals surface area contributed by atoms with E-state index in [2.05, 4.69) is 0 Å². The van der Waals surface area contributed by atoms with Crippen molar-refractivity contribution >= 4 is 28.4 Å². The molecule has 3 aliphatic carbocycles. The predicted octanol–water partition coefficient (Wildman–Crippen LogP) is 4.56. The Kier molecular flexibility index (Phi) is 2.09. The molecule has 0 saturated heterocycles. The van der Waals surface area contributed by atoms with Crippen molar-refractivity contribution < 1.29 is 9.21 Å². The molecule has 0 radical (unpaired) electrons. The Balaban J connectivity index is 1.49. The maximum Gasteiger partial charge on any atom is 0.201 e. The Morgan fingerprint density at radius 1 is 1.15 bits per heavy atom. The summed E-state index contributed by atoms with van der Waals surface area (Å²) < 4.78 is 5.73. The largest absolute Gasteiger partial charge is 0.453 e. The summed E-state index contributed by atoms with van der Waals surface area (Å²) in [6, 6.07) is 7.35. The fraction of sp³-hybridized carbons (Fsp3) is 0.471. The van der Waals surface area contributed by atoms with E-state index < -0.39 is 0 Å². The average Bonchev–Trinajstić information content (AvgIpc) is 2.81. The molecule has 0 N–H and O–H groups in total. The van der Waals surface area contributed by atoms with E-state index in [9.17, 15) is 4.79 Å². The number of ketones is 1. The molecular formula is C17H15ClO2. The molecule has 3 saturated carbocycles. The molecule has 102 valence electrons. The third-order valence-electron chi connectivity index (χ3n) is 5.76.